The number of alkyl halides is 5. The Labute approximate surface area is 150 Å². The SMILES string of the molecule is CC(C)OC(=O)C(O[Si](C)(C)C)(C(=O)OC(C)(C)C)C(F)(F)C(F)(F)F. The van der Waals surface area contributed by atoms with E-state index in [0.29, 0.717) is 0 Å². The van der Waals surface area contributed by atoms with E-state index in [0.717, 1.165) is 0 Å². The third kappa shape index (κ3) is 5.63. The summed E-state index contributed by atoms with van der Waals surface area (Å²) < 4.78 is 82.6. The molecule has 0 saturated heterocycles. The van der Waals surface area contributed by atoms with Gasteiger partial charge < -0.3 is 13.9 Å². The molecule has 0 radical (unpaired) electrons. The maximum atomic E-state index is 14.5. The molecule has 0 aliphatic heterocycles. The Morgan fingerprint density at radius 1 is 0.885 bits per heavy atom. The van der Waals surface area contributed by atoms with Crippen LogP contribution in [-0.4, -0.2) is 49.7 Å². The summed E-state index contributed by atoms with van der Waals surface area (Å²) in [6.07, 6.45) is -7.34. The molecule has 1 unspecified atom stereocenters. The van der Waals surface area contributed by atoms with Crippen LogP contribution in [0.25, 0.3) is 0 Å². The molecule has 0 aromatic rings. The number of esters is 2. The number of ether oxygens (including phenoxy) is 2. The van der Waals surface area contributed by atoms with Gasteiger partial charge in [0.2, 0.25) is 0 Å². The molecule has 5 nitrogen and oxygen atoms in total. The standard InChI is InChI=1S/C15H25F5O5Si/c1-9(2)23-10(21)13(25-26(6,7)8,11(22)24-12(3,4)5)14(16,17)15(18,19)20/h9H,1-8H3. The normalized spacial score (nSPS) is 16.2. The summed E-state index contributed by atoms with van der Waals surface area (Å²) in [4.78, 5) is 24.8. The van der Waals surface area contributed by atoms with Crippen LogP contribution in [0.15, 0.2) is 0 Å². The fourth-order valence-corrected chi connectivity index (χ4v) is 3.01. The minimum absolute atomic E-state index is 1.07. The molecule has 0 fully saturated rings. The first-order chi connectivity index (χ1) is 11.2. The molecule has 0 aliphatic rings. The van der Waals surface area contributed by atoms with Crippen LogP contribution < -0.4 is 0 Å². The zero-order valence-corrected chi connectivity index (χ0v) is 17.0. The Kier molecular flexibility index (Phi) is 7.06. The van der Waals surface area contributed by atoms with E-state index in [9.17, 15) is 31.5 Å². The minimum atomic E-state index is -6.26. The molecule has 0 amide bonds. The van der Waals surface area contributed by atoms with Crippen molar-refractivity contribution in [2.45, 2.75) is 83.7 Å². The van der Waals surface area contributed by atoms with Gasteiger partial charge in [-0.2, -0.15) is 22.0 Å². The van der Waals surface area contributed by atoms with Gasteiger partial charge in [-0.25, -0.2) is 9.59 Å². The van der Waals surface area contributed by atoms with Gasteiger partial charge >= 0.3 is 29.6 Å². The van der Waals surface area contributed by atoms with Crippen molar-refractivity contribution in [2.24, 2.45) is 0 Å². The lowest BCUT2D eigenvalue weighted by Crippen LogP contribution is -2.71. The predicted octanol–water partition coefficient (Wildman–Crippen LogP) is 4.07. The number of halogens is 5. The summed E-state index contributed by atoms with van der Waals surface area (Å²) >= 11 is 0. The Morgan fingerprint density at radius 2 is 1.31 bits per heavy atom. The van der Waals surface area contributed by atoms with Crippen molar-refractivity contribution in [1.82, 2.24) is 0 Å². The number of carbonyl (C=O) groups excluding carboxylic acids is 2. The van der Waals surface area contributed by atoms with Gasteiger partial charge in [0, 0.05) is 0 Å². The second kappa shape index (κ2) is 7.41. The molecule has 0 aromatic carbocycles. The van der Waals surface area contributed by atoms with E-state index in [1.807, 2.05) is 0 Å². The van der Waals surface area contributed by atoms with Crippen molar-refractivity contribution in [3.8, 4) is 0 Å². The second-order valence-corrected chi connectivity index (χ2v) is 12.4. The summed E-state index contributed by atoms with van der Waals surface area (Å²) in [7, 11) is -3.31. The van der Waals surface area contributed by atoms with Crippen molar-refractivity contribution < 1.29 is 45.4 Å². The summed E-state index contributed by atoms with van der Waals surface area (Å²) in [5, 5.41) is 0. The average molecular weight is 408 g/mol. The molecule has 0 bridgehead atoms. The fourth-order valence-electron chi connectivity index (χ4n) is 1.79. The van der Waals surface area contributed by atoms with Crippen LogP contribution in [0.4, 0.5) is 22.0 Å². The molecule has 26 heavy (non-hydrogen) atoms. The number of carbonyl (C=O) groups is 2. The highest BCUT2D eigenvalue weighted by Crippen LogP contribution is 2.48. The third-order valence-corrected chi connectivity index (χ3v) is 3.49. The second-order valence-electron chi connectivity index (χ2n) is 7.92. The lowest BCUT2D eigenvalue weighted by molar-refractivity contribution is -0.331. The molecule has 0 aromatic heterocycles. The summed E-state index contributed by atoms with van der Waals surface area (Å²) in [5.74, 6) is -10.2. The van der Waals surface area contributed by atoms with Gasteiger partial charge in [-0.3, -0.25) is 0 Å². The van der Waals surface area contributed by atoms with Crippen LogP contribution in [0.2, 0.25) is 19.6 Å². The quantitative estimate of drug-likeness (QED) is 0.287. The molecular formula is C15H25F5O5Si. The minimum Gasteiger partial charge on any atom is -0.460 e. The van der Waals surface area contributed by atoms with Crippen LogP contribution >= 0.6 is 0 Å². The first-order valence-corrected chi connectivity index (χ1v) is 11.2. The monoisotopic (exact) mass is 408 g/mol. The molecule has 154 valence electrons. The van der Waals surface area contributed by atoms with E-state index in [4.69, 9.17) is 9.16 Å². The highest BCUT2D eigenvalue weighted by atomic mass is 28.4. The highest BCUT2D eigenvalue weighted by molar-refractivity contribution is 6.70. The molecule has 0 aliphatic carbocycles. The Balaban J connectivity index is 6.73. The van der Waals surface area contributed by atoms with E-state index >= 15 is 0 Å². The van der Waals surface area contributed by atoms with E-state index in [1.165, 1.54) is 54.3 Å². The smallest absolute Gasteiger partial charge is 0.457 e. The van der Waals surface area contributed by atoms with Crippen molar-refractivity contribution >= 4 is 20.3 Å². The van der Waals surface area contributed by atoms with E-state index < -0.39 is 49.7 Å². The third-order valence-electron chi connectivity index (χ3n) is 2.57. The van der Waals surface area contributed by atoms with Crippen molar-refractivity contribution in [3.63, 3.8) is 0 Å². The Morgan fingerprint density at radius 3 is 1.58 bits per heavy atom. The topological polar surface area (TPSA) is 61.8 Å². The fraction of sp³-hybridized carbons (Fsp3) is 0.867. The van der Waals surface area contributed by atoms with Crippen LogP contribution in [0.5, 0.6) is 0 Å². The highest BCUT2D eigenvalue weighted by Gasteiger charge is 2.80. The molecule has 0 saturated carbocycles. The predicted molar refractivity (Wildman–Crippen MR) is 85.2 cm³/mol. The average Bonchev–Trinajstić information content (AvgIpc) is 2.29. The Hall–Kier alpha value is -1.23. The summed E-state index contributed by atoms with van der Waals surface area (Å²) in [6, 6.07) is 0. The van der Waals surface area contributed by atoms with Crippen molar-refractivity contribution in [1.29, 1.82) is 0 Å². The number of hydrogen-bond acceptors (Lipinski definition) is 5. The van der Waals surface area contributed by atoms with Crippen molar-refractivity contribution in [2.75, 3.05) is 0 Å². The van der Waals surface area contributed by atoms with Gasteiger partial charge in [0.15, 0.2) is 8.32 Å². The zero-order chi connectivity index (χ0) is 21.4. The van der Waals surface area contributed by atoms with Gasteiger partial charge in [-0.1, -0.05) is 0 Å². The van der Waals surface area contributed by atoms with Crippen LogP contribution in [0.3, 0.4) is 0 Å². The van der Waals surface area contributed by atoms with E-state index in [1.54, 1.807) is 0 Å². The first kappa shape index (κ1) is 24.8. The molecule has 0 N–H and O–H groups in total. The molecule has 0 spiro atoms. The maximum absolute atomic E-state index is 14.5. The van der Waals surface area contributed by atoms with Crippen LogP contribution in [0, 0.1) is 0 Å². The molecule has 11 heteroatoms. The molecular weight excluding hydrogens is 383 g/mol. The number of rotatable bonds is 6. The first-order valence-electron chi connectivity index (χ1n) is 7.76. The van der Waals surface area contributed by atoms with Crippen molar-refractivity contribution in [3.05, 3.63) is 0 Å². The van der Waals surface area contributed by atoms with Crippen LogP contribution in [0.1, 0.15) is 34.6 Å². The largest absolute Gasteiger partial charge is 0.460 e. The van der Waals surface area contributed by atoms with Gasteiger partial charge in [-0.15, -0.1) is 0 Å². The summed E-state index contributed by atoms with van der Waals surface area (Å²) in [6.45, 7) is 9.98. The molecule has 0 rings (SSSR count). The summed E-state index contributed by atoms with van der Waals surface area (Å²) in [5.41, 5.74) is -5.75. The maximum Gasteiger partial charge on any atom is 0.457 e. The van der Waals surface area contributed by atoms with Gasteiger partial charge in [0.1, 0.15) is 5.60 Å². The lowest BCUT2D eigenvalue weighted by Gasteiger charge is -2.41. The van der Waals surface area contributed by atoms with Crippen LogP contribution in [-0.2, 0) is 23.5 Å². The Bertz CT molecular complexity index is 534. The molecule has 0 heterocycles. The van der Waals surface area contributed by atoms with Gasteiger partial charge in [-0.05, 0) is 54.3 Å². The molecule has 1 atom stereocenters. The lowest BCUT2D eigenvalue weighted by atomic mass is 9.94. The zero-order valence-electron chi connectivity index (χ0n) is 16.0. The van der Waals surface area contributed by atoms with Gasteiger partial charge in [0.05, 0.1) is 6.10 Å². The van der Waals surface area contributed by atoms with E-state index in [-0.39, 0.29) is 0 Å². The van der Waals surface area contributed by atoms with Gasteiger partial charge in [0.25, 0.3) is 0 Å². The van der Waals surface area contributed by atoms with E-state index in [2.05, 4.69) is 4.74 Å². The number of hydrogen-bond donors (Lipinski definition) is 0.